The molecule has 1 fully saturated rings. The first kappa shape index (κ1) is 21.7. The number of carbonyl (C=O) groups excluding carboxylic acids is 1. The molecule has 2 heterocycles. The monoisotopic (exact) mass is 456 g/mol. The number of sulfonamides is 1. The molecule has 8 heteroatoms. The molecule has 0 saturated carbocycles. The number of hydrogen-bond donors (Lipinski definition) is 1. The minimum atomic E-state index is -3.50. The van der Waals surface area contributed by atoms with E-state index in [1.807, 2.05) is 49.4 Å². The second-order valence-electron chi connectivity index (χ2n) is 7.38. The molecule has 0 aliphatic carbocycles. The van der Waals surface area contributed by atoms with Gasteiger partial charge in [-0.1, -0.05) is 42.0 Å². The van der Waals surface area contributed by atoms with Crippen LogP contribution in [0.1, 0.15) is 21.5 Å². The Morgan fingerprint density at radius 2 is 1.68 bits per heavy atom. The summed E-state index contributed by atoms with van der Waals surface area (Å²) in [6.45, 7) is 4.09. The van der Waals surface area contributed by atoms with E-state index in [0.717, 1.165) is 16.0 Å². The van der Waals surface area contributed by atoms with Crippen molar-refractivity contribution in [3.05, 3.63) is 77.4 Å². The first-order valence-corrected chi connectivity index (χ1v) is 12.3. The van der Waals surface area contributed by atoms with Crippen LogP contribution in [0.3, 0.4) is 0 Å². The van der Waals surface area contributed by atoms with Gasteiger partial charge in [0, 0.05) is 30.1 Å². The molecule has 1 aliphatic heterocycles. The fourth-order valence-corrected chi connectivity index (χ4v) is 6.18. The number of benzene rings is 2. The van der Waals surface area contributed by atoms with Crippen LogP contribution in [0, 0.1) is 6.92 Å². The number of nitrogens with one attached hydrogen (secondary N) is 1. The van der Waals surface area contributed by atoms with Gasteiger partial charge in [0.1, 0.15) is 4.21 Å². The van der Waals surface area contributed by atoms with E-state index in [0.29, 0.717) is 42.6 Å². The lowest BCUT2D eigenvalue weighted by atomic mass is 10.1. The summed E-state index contributed by atoms with van der Waals surface area (Å²) < 4.78 is 32.7. The first-order valence-electron chi connectivity index (χ1n) is 10.1. The van der Waals surface area contributed by atoms with Crippen molar-refractivity contribution in [2.75, 3.05) is 26.3 Å². The zero-order valence-electron chi connectivity index (χ0n) is 17.2. The van der Waals surface area contributed by atoms with Crippen molar-refractivity contribution in [2.24, 2.45) is 0 Å². The van der Waals surface area contributed by atoms with Crippen molar-refractivity contribution in [3.8, 4) is 10.4 Å². The summed E-state index contributed by atoms with van der Waals surface area (Å²) in [5.74, 6) is -0.145. The van der Waals surface area contributed by atoms with Gasteiger partial charge >= 0.3 is 0 Å². The third-order valence-corrected chi connectivity index (χ3v) is 8.65. The Bertz CT molecular complexity index is 1150. The minimum absolute atomic E-state index is 0.145. The van der Waals surface area contributed by atoms with Crippen LogP contribution in [0.25, 0.3) is 10.4 Å². The lowest BCUT2D eigenvalue weighted by Crippen LogP contribution is -2.40. The number of ether oxygens (including phenoxy) is 1. The fourth-order valence-electron chi connectivity index (χ4n) is 3.30. The maximum absolute atomic E-state index is 12.8. The van der Waals surface area contributed by atoms with Crippen molar-refractivity contribution in [2.45, 2.75) is 17.7 Å². The van der Waals surface area contributed by atoms with Crippen LogP contribution in [0.4, 0.5) is 0 Å². The van der Waals surface area contributed by atoms with Gasteiger partial charge in [-0.15, -0.1) is 11.3 Å². The standard InChI is InChI=1S/C23H24N2O4S2/c1-17-2-4-18(5-3-17)16-24-23(26)20-8-6-19(7-9-20)21-10-11-22(30-21)31(27,28)25-12-14-29-15-13-25/h2-11H,12-16H2,1H3,(H,24,26). The summed E-state index contributed by atoms with van der Waals surface area (Å²) in [4.78, 5) is 13.3. The van der Waals surface area contributed by atoms with Gasteiger partial charge in [-0.3, -0.25) is 4.79 Å². The molecular formula is C23H24N2O4S2. The molecule has 3 aromatic rings. The largest absolute Gasteiger partial charge is 0.379 e. The zero-order valence-corrected chi connectivity index (χ0v) is 18.8. The van der Waals surface area contributed by atoms with E-state index in [4.69, 9.17) is 4.74 Å². The molecule has 0 bridgehead atoms. The first-order chi connectivity index (χ1) is 14.9. The lowest BCUT2D eigenvalue weighted by molar-refractivity contribution is 0.0731. The summed E-state index contributed by atoms with van der Waals surface area (Å²) in [5, 5.41) is 2.92. The Morgan fingerprint density at radius 1 is 1.00 bits per heavy atom. The highest BCUT2D eigenvalue weighted by molar-refractivity contribution is 7.91. The molecule has 162 valence electrons. The molecule has 1 amide bonds. The number of aryl methyl sites for hydroxylation is 1. The van der Waals surface area contributed by atoms with Gasteiger partial charge < -0.3 is 10.1 Å². The number of hydrogen-bond acceptors (Lipinski definition) is 5. The normalized spacial score (nSPS) is 15.0. The fraction of sp³-hybridized carbons (Fsp3) is 0.261. The van der Waals surface area contributed by atoms with E-state index >= 15 is 0 Å². The average molecular weight is 457 g/mol. The Morgan fingerprint density at radius 3 is 2.35 bits per heavy atom. The summed E-state index contributed by atoms with van der Waals surface area (Å²) in [7, 11) is -3.50. The SMILES string of the molecule is Cc1ccc(CNC(=O)c2ccc(-c3ccc(S(=O)(=O)N4CCOCC4)s3)cc2)cc1. The number of amides is 1. The quantitative estimate of drug-likeness (QED) is 0.614. The van der Waals surface area contributed by atoms with Crippen LogP contribution in [0.5, 0.6) is 0 Å². The maximum Gasteiger partial charge on any atom is 0.252 e. The number of thiophene rings is 1. The molecule has 1 aromatic heterocycles. The Kier molecular flexibility index (Phi) is 6.52. The van der Waals surface area contributed by atoms with Crippen LogP contribution < -0.4 is 5.32 Å². The van der Waals surface area contributed by atoms with Gasteiger partial charge in [-0.25, -0.2) is 8.42 Å². The molecule has 1 N–H and O–H groups in total. The van der Waals surface area contributed by atoms with E-state index in [9.17, 15) is 13.2 Å². The predicted molar refractivity (Wildman–Crippen MR) is 122 cm³/mol. The maximum atomic E-state index is 12.8. The van der Waals surface area contributed by atoms with Crippen LogP contribution in [0.15, 0.2) is 64.9 Å². The molecular weight excluding hydrogens is 432 g/mol. The van der Waals surface area contributed by atoms with Crippen molar-refractivity contribution in [3.63, 3.8) is 0 Å². The van der Waals surface area contributed by atoms with Gasteiger partial charge in [-0.05, 0) is 42.3 Å². The average Bonchev–Trinajstić information content (AvgIpc) is 3.30. The van der Waals surface area contributed by atoms with Crippen LogP contribution >= 0.6 is 11.3 Å². The van der Waals surface area contributed by atoms with Gasteiger partial charge in [0.2, 0.25) is 0 Å². The Labute approximate surface area is 186 Å². The molecule has 1 saturated heterocycles. The number of carbonyl (C=O) groups is 1. The van der Waals surface area contributed by atoms with Crippen molar-refractivity contribution < 1.29 is 17.9 Å². The second kappa shape index (κ2) is 9.32. The molecule has 1 aliphatic rings. The minimum Gasteiger partial charge on any atom is -0.379 e. The third kappa shape index (κ3) is 5.04. The zero-order chi connectivity index (χ0) is 21.8. The molecule has 6 nitrogen and oxygen atoms in total. The molecule has 2 aromatic carbocycles. The van der Waals surface area contributed by atoms with E-state index in [-0.39, 0.29) is 5.91 Å². The van der Waals surface area contributed by atoms with Crippen LogP contribution in [-0.2, 0) is 21.3 Å². The summed E-state index contributed by atoms with van der Waals surface area (Å²) in [6.07, 6.45) is 0. The van der Waals surface area contributed by atoms with Crippen LogP contribution in [0.2, 0.25) is 0 Å². The van der Waals surface area contributed by atoms with Crippen molar-refractivity contribution >= 4 is 27.3 Å². The summed E-state index contributed by atoms with van der Waals surface area (Å²) in [5.41, 5.74) is 3.67. The Hall–Kier alpha value is -2.52. The molecule has 0 unspecified atom stereocenters. The number of rotatable bonds is 6. The van der Waals surface area contributed by atoms with Crippen molar-refractivity contribution in [1.82, 2.24) is 9.62 Å². The third-order valence-electron chi connectivity index (χ3n) is 5.15. The smallest absolute Gasteiger partial charge is 0.252 e. The topological polar surface area (TPSA) is 75.7 Å². The van der Waals surface area contributed by atoms with E-state index < -0.39 is 10.0 Å². The molecule has 0 spiro atoms. The highest BCUT2D eigenvalue weighted by atomic mass is 32.2. The molecule has 31 heavy (non-hydrogen) atoms. The van der Waals surface area contributed by atoms with Crippen molar-refractivity contribution in [1.29, 1.82) is 0 Å². The van der Waals surface area contributed by atoms with Gasteiger partial charge in [-0.2, -0.15) is 4.31 Å². The lowest BCUT2D eigenvalue weighted by Gasteiger charge is -2.25. The summed E-state index contributed by atoms with van der Waals surface area (Å²) >= 11 is 1.24. The number of morpholine rings is 1. The second-order valence-corrected chi connectivity index (χ2v) is 10.6. The summed E-state index contributed by atoms with van der Waals surface area (Å²) in [6, 6.07) is 18.7. The van der Waals surface area contributed by atoms with Gasteiger partial charge in [0.25, 0.3) is 15.9 Å². The van der Waals surface area contributed by atoms with E-state index in [1.165, 1.54) is 21.2 Å². The molecule has 4 rings (SSSR count). The highest BCUT2D eigenvalue weighted by Crippen LogP contribution is 2.32. The molecule has 0 radical (unpaired) electrons. The van der Waals surface area contributed by atoms with Gasteiger partial charge in [0.05, 0.1) is 13.2 Å². The highest BCUT2D eigenvalue weighted by Gasteiger charge is 2.27. The van der Waals surface area contributed by atoms with E-state index in [2.05, 4.69) is 5.32 Å². The number of nitrogens with zero attached hydrogens (tertiary/aromatic N) is 1. The predicted octanol–water partition coefficient (Wildman–Crippen LogP) is 3.67. The Balaban J connectivity index is 1.42. The van der Waals surface area contributed by atoms with Crippen LogP contribution in [-0.4, -0.2) is 44.9 Å². The van der Waals surface area contributed by atoms with Gasteiger partial charge in [0.15, 0.2) is 0 Å². The van der Waals surface area contributed by atoms with E-state index in [1.54, 1.807) is 18.2 Å². The molecule has 0 atom stereocenters.